The van der Waals surface area contributed by atoms with Gasteiger partial charge in [-0.1, -0.05) is 20.8 Å². The summed E-state index contributed by atoms with van der Waals surface area (Å²) in [6, 6.07) is 6.03. The Bertz CT molecular complexity index is 543. The Hall–Kier alpha value is -1.48. The van der Waals surface area contributed by atoms with Crippen molar-refractivity contribution in [2.24, 2.45) is 5.92 Å². The minimum absolute atomic E-state index is 0.648. The summed E-state index contributed by atoms with van der Waals surface area (Å²) >= 11 is 0. The van der Waals surface area contributed by atoms with Crippen molar-refractivity contribution in [3.05, 3.63) is 29.5 Å². The van der Waals surface area contributed by atoms with Crippen LogP contribution in [-0.4, -0.2) is 13.7 Å². The maximum atomic E-state index is 5.97. The number of benzene rings is 1. The normalized spacial score (nSPS) is 11.4. The van der Waals surface area contributed by atoms with Crippen LogP contribution in [-0.2, 0) is 13.0 Å². The summed E-state index contributed by atoms with van der Waals surface area (Å²) in [4.78, 5) is 0. The number of aryl methyl sites for hydroxylation is 1. The van der Waals surface area contributed by atoms with E-state index in [1.54, 1.807) is 7.11 Å². The lowest BCUT2D eigenvalue weighted by Crippen LogP contribution is -2.19. The van der Waals surface area contributed by atoms with Crippen LogP contribution in [0.15, 0.2) is 22.6 Å². The molecule has 1 aromatic carbocycles. The summed E-state index contributed by atoms with van der Waals surface area (Å²) < 4.78 is 11.2. The third-order valence-electron chi connectivity index (χ3n) is 3.28. The fraction of sp³-hybridized carbons (Fsp3) is 0.500. The SMILES string of the molecule is CCc1c(CNCC(C)C)oc2cc(OC)ccc12. The summed E-state index contributed by atoms with van der Waals surface area (Å²) in [6.45, 7) is 8.37. The molecule has 0 atom stereocenters. The number of furan rings is 1. The molecule has 3 nitrogen and oxygen atoms in total. The van der Waals surface area contributed by atoms with Gasteiger partial charge < -0.3 is 14.5 Å². The highest BCUT2D eigenvalue weighted by Crippen LogP contribution is 2.29. The third kappa shape index (κ3) is 3.10. The van der Waals surface area contributed by atoms with Crippen molar-refractivity contribution in [3.63, 3.8) is 0 Å². The molecule has 104 valence electrons. The van der Waals surface area contributed by atoms with E-state index in [2.05, 4.69) is 32.2 Å². The summed E-state index contributed by atoms with van der Waals surface area (Å²) in [7, 11) is 1.68. The Morgan fingerprint density at radius 3 is 2.74 bits per heavy atom. The molecule has 0 aliphatic heterocycles. The largest absolute Gasteiger partial charge is 0.497 e. The van der Waals surface area contributed by atoms with Crippen molar-refractivity contribution in [3.8, 4) is 5.75 Å². The molecule has 2 rings (SSSR count). The molecule has 0 spiro atoms. The van der Waals surface area contributed by atoms with Crippen LogP contribution in [0.2, 0.25) is 0 Å². The average Bonchev–Trinajstić information content (AvgIpc) is 2.74. The van der Waals surface area contributed by atoms with Gasteiger partial charge in [-0.2, -0.15) is 0 Å². The number of hydrogen-bond acceptors (Lipinski definition) is 3. The Morgan fingerprint density at radius 2 is 2.11 bits per heavy atom. The minimum atomic E-state index is 0.648. The van der Waals surface area contributed by atoms with Crippen molar-refractivity contribution >= 4 is 11.0 Å². The zero-order valence-electron chi connectivity index (χ0n) is 12.2. The highest BCUT2D eigenvalue weighted by atomic mass is 16.5. The fourth-order valence-corrected chi connectivity index (χ4v) is 2.31. The second-order valence-electron chi connectivity index (χ2n) is 5.24. The van der Waals surface area contributed by atoms with Crippen molar-refractivity contribution in [1.82, 2.24) is 5.32 Å². The highest BCUT2D eigenvalue weighted by molar-refractivity contribution is 5.83. The van der Waals surface area contributed by atoms with Gasteiger partial charge in [-0.25, -0.2) is 0 Å². The fourth-order valence-electron chi connectivity index (χ4n) is 2.31. The van der Waals surface area contributed by atoms with Crippen molar-refractivity contribution < 1.29 is 9.15 Å². The molecule has 1 aromatic heterocycles. The Balaban J connectivity index is 2.27. The third-order valence-corrected chi connectivity index (χ3v) is 3.28. The minimum Gasteiger partial charge on any atom is -0.497 e. The van der Waals surface area contributed by atoms with Gasteiger partial charge in [-0.15, -0.1) is 0 Å². The number of methoxy groups -OCH3 is 1. The van der Waals surface area contributed by atoms with Crippen molar-refractivity contribution in [2.45, 2.75) is 33.7 Å². The van der Waals surface area contributed by atoms with E-state index < -0.39 is 0 Å². The summed E-state index contributed by atoms with van der Waals surface area (Å²) in [5.41, 5.74) is 2.21. The van der Waals surface area contributed by atoms with E-state index in [1.807, 2.05) is 12.1 Å². The van der Waals surface area contributed by atoms with E-state index >= 15 is 0 Å². The van der Waals surface area contributed by atoms with Gasteiger partial charge in [0.1, 0.15) is 17.1 Å². The monoisotopic (exact) mass is 261 g/mol. The predicted octanol–water partition coefficient (Wildman–Crippen LogP) is 3.75. The van der Waals surface area contributed by atoms with Crippen LogP contribution in [0.5, 0.6) is 5.75 Å². The molecule has 0 aliphatic rings. The highest BCUT2D eigenvalue weighted by Gasteiger charge is 2.13. The predicted molar refractivity (Wildman–Crippen MR) is 78.7 cm³/mol. The molecule has 1 N–H and O–H groups in total. The number of rotatable bonds is 6. The Labute approximate surface area is 114 Å². The molecular formula is C16H23NO2. The average molecular weight is 261 g/mol. The lowest BCUT2D eigenvalue weighted by molar-refractivity contribution is 0.414. The first kappa shape index (κ1) is 13.9. The van der Waals surface area contributed by atoms with E-state index in [-0.39, 0.29) is 0 Å². The standard InChI is InChI=1S/C16H23NO2/c1-5-13-14-7-6-12(18-4)8-15(14)19-16(13)10-17-9-11(2)3/h6-8,11,17H,5,9-10H2,1-4H3. The van der Waals surface area contributed by atoms with Gasteiger partial charge in [-0.3, -0.25) is 0 Å². The zero-order chi connectivity index (χ0) is 13.8. The number of hydrogen-bond donors (Lipinski definition) is 1. The summed E-state index contributed by atoms with van der Waals surface area (Å²) in [6.07, 6.45) is 0.984. The van der Waals surface area contributed by atoms with Gasteiger partial charge in [0.2, 0.25) is 0 Å². The second-order valence-corrected chi connectivity index (χ2v) is 5.24. The number of fused-ring (bicyclic) bond motifs is 1. The van der Waals surface area contributed by atoms with Crippen LogP contribution in [0.4, 0.5) is 0 Å². The van der Waals surface area contributed by atoms with Gasteiger partial charge in [0.05, 0.1) is 13.7 Å². The first-order chi connectivity index (χ1) is 9.15. The first-order valence-electron chi connectivity index (χ1n) is 6.94. The smallest absolute Gasteiger partial charge is 0.138 e. The van der Waals surface area contributed by atoms with E-state index in [1.165, 1.54) is 10.9 Å². The number of ether oxygens (including phenoxy) is 1. The Kier molecular flexibility index (Phi) is 4.48. The maximum Gasteiger partial charge on any atom is 0.138 e. The van der Waals surface area contributed by atoms with Gasteiger partial charge >= 0.3 is 0 Å². The van der Waals surface area contributed by atoms with E-state index in [9.17, 15) is 0 Å². The maximum absolute atomic E-state index is 5.97. The molecule has 0 unspecified atom stereocenters. The van der Waals surface area contributed by atoms with Crippen molar-refractivity contribution in [2.75, 3.05) is 13.7 Å². The molecule has 0 aliphatic carbocycles. The molecular weight excluding hydrogens is 238 g/mol. The van der Waals surface area contributed by atoms with E-state index in [4.69, 9.17) is 9.15 Å². The molecule has 0 fully saturated rings. The first-order valence-corrected chi connectivity index (χ1v) is 6.94. The van der Waals surface area contributed by atoms with Crippen LogP contribution in [0.3, 0.4) is 0 Å². The van der Waals surface area contributed by atoms with Gasteiger partial charge in [0.15, 0.2) is 0 Å². The van der Waals surface area contributed by atoms with Crippen LogP contribution in [0.25, 0.3) is 11.0 Å². The molecule has 2 aromatic rings. The summed E-state index contributed by atoms with van der Waals surface area (Å²) in [5.74, 6) is 2.53. The van der Waals surface area contributed by atoms with E-state index in [0.717, 1.165) is 36.6 Å². The molecule has 0 bridgehead atoms. The molecule has 0 radical (unpaired) electrons. The second kappa shape index (κ2) is 6.11. The van der Waals surface area contributed by atoms with E-state index in [0.29, 0.717) is 5.92 Å². The Morgan fingerprint density at radius 1 is 1.32 bits per heavy atom. The van der Waals surface area contributed by atoms with Crippen LogP contribution >= 0.6 is 0 Å². The number of nitrogens with one attached hydrogen (secondary N) is 1. The molecule has 19 heavy (non-hydrogen) atoms. The van der Waals surface area contributed by atoms with Gasteiger partial charge in [0, 0.05) is 17.0 Å². The van der Waals surface area contributed by atoms with Gasteiger partial charge in [0.25, 0.3) is 0 Å². The molecule has 0 amide bonds. The lowest BCUT2D eigenvalue weighted by atomic mass is 10.1. The lowest BCUT2D eigenvalue weighted by Gasteiger charge is -2.06. The molecule has 0 saturated heterocycles. The molecule has 1 heterocycles. The van der Waals surface area contributed by atoms with Crippen LogP contribution in [0.1, 0.15) is 32.1 Å². The van der Waals surface area contributed by atoms with Crippen LogP contribution in [0, 0.1) is 5.92 Å². The summed E-state index contributed by atoms with van der Waals surface area (Å²) in [5, 5.41) is 4.64. The topological polar surface area (TPSA) is 34.4 Å². The van der Waals surface area contributed by atoms with Crippen LogP contribution < -0.4 is 10.1 Å². The van der Waals surface area contributed by atoms with Gasteiger partial charge in [-0.05, 0) is 31.0 Å². The quantitative estimate of drug-likeness (QED) is 0.860. The zero-order valence-corrected chi connectivity index (χ0v) is 12.2. The molecule has 0 saturated carbocycles. The molecule has 3 heteroatoms. The van der Waals surface area contributed by atoms with Crippen molar-refractivity contribution in [1.29, 1.82) is 0 Å².